The Balaban J connectivity index is 3.01. The van der Waals surface area contributed by atoms with Crippen molar-refractivity contribution < 1.29 is 19.0 Å². The number of hydrogen-bond acceptors (Lipinski definition) is 5. The maximum atomic E-state index is 12.0. The van der Waals surface area contributed by atoms with Crippen LogP contribution in [0.15, 0.2) is 18.3 Å². The predicted octanol–water partition coefficient (Wildman–Crippen LogP) is 2.72. The first-order valence-electron chi connectivity index (χ1n) is 6.49. The van der Waals surface area contributed by atoms with Gasteiger partial charge in [-0.1, -0.05) is 0 Å². The van der Waals surface area contributed by atoms with Gasteiger partial charge in [-0.05, 0) is 39.8 Å². The van der Waals surface area contributed by atoms with Gasteiger partial charge in [0.25, 0.3) is 0 Å². The van der Waals surface area contributed by atoms with Gasteiger partial charge in [-0.25, -0.2) is 9.78 Å². The van der Waals surface area contributed by atoms with Crippen LogP contribution in [-0.4, -0.2) is 30.3 Å². The minimum absolute atomic E-state index is 0.194. The summed E-state index contributed by atoms with van der Waals surface area (Å²) in [6.07, 6.45) is 0.758. The van der Waals surface area contributed by atoms with Gasteiger partial charge in [-0.15, -0.1) is 0 Å². The van der Waals surface area contributed by atoms with E-state index in [0.717, 1.165) is 0 Å². The van der Waals surface area contributed by atoms with Crippen LogP contribution >= 0.6 is 0 Å². The molecule has 0 bridgehead atoms. The summed E-state index contributed by atoms with van der Waals surface area (Å²) < 4.78 is 16.2. The molecule has 0 fully saturated rings. The van der Waals surface area contributed by atoms with Crippen LogP contribution in [0.5, 0.6) is 0 Å². The average Bonchev–Trinajstić information content (AvgIpc) is 2.38. The summed E-state index contributed by atoms with van der Waals surface area (Å²) in [7, 11) is 0. The number of hydrogen-bond donors (Lipinski definition) is 0. The van der Waals surface area contributed by atoms with Gasteiger partial charge < -0.3 is 14.2 Å². The van der Waals surface area contributed by atoms with E-state index >= 15 is 0 Å². The predicted molar refractivity (Wildman–Crippen MR) is 70.8 cm³/mol. The van der Waals surface area contributed by atoms with Gasteiger partial charge in [0.2, 0.25) is 0 Å². The van der Waals surface area contributed by atoms with E-state index in [4.69, 9.17) is 14.2 Å². The number of carbonyl (C=O) groups is 1. The molecule has 0 saturated carbocycles. The van der Waals surface area contributed by atoms with Crippen LogP contribution in [0, 0.1) is 0 Å². The Hall–Kier alpha value is -1.46. The molecule has 0 aromatic carbocycles. The maximum absolute atomic E-state index is 12.0. The number of esters is 1. The fraction of sp³-hybridized carbons (Fsp3) is 0.571. The van der Waals surface area contributed by atoms with E-state index in [0.29, 0.717) is 18.8 Å². The molecule has 1 aromatic heterocycles. The SMILES string of the molecule is CCOC(OCC)c1cccnc1C(=O)OC(C)C. The van der Waals surface area contributed by atoms with Gasteiger partial charge >= 0.3 is 5.97 Å². The van der Waals surface area contributed by atoms with Gasteiger partial charge in [0, 0.05) is 25.0 Å². The Bertz CT molecular complexity index is 400. The van der Waals surface area contributed by atoms with Crippen LogP contribution in [-0.2, 0) is 14.2 Å². The highest BCUT2D eigenvalue weighted by Gasteiger charge is 2.22. The monoisotopic (exact) mass is 267 g/mol. The van der Waals surface area contributed by atoms with Crippen LogP contribution in [0.3, 0.4) is 0 Å². The van der Waals surface area contributed by atoms with Gasteiger partial charge in [0.05, 0.1) is 6.10 Å². The van der Waals surface area contributed by atoms with E-state index in [1.54, 1.807) is 32.2 Å². The lowest BCUT2D eigenvalue weighted by Gasteiger charge is -2.19. The van der Waals surface area contributed by atoms with Gasteiger partial charge in [0.15, 0.2) is 12.0 Å². The van der Waals surface area contributed by atoms with Crippen molar-refractivity contribution in [3.63, 3.8) is 0 Å². The standard InChI is InChI=1S/C14H21NO4/c1-5-17-14(18-6-2)11-8-7-9-15-12(11)13(16)19-10(3)4/h7-10,14H,5-6H2,1-4H3. The van der Waals surface area contributed by atoms with Crippen molar-refractivity contribution in [3.8, 4) is 0 Å². The number of aromatic nitrogens is 1. The summed E-state index contributed by atoms with van der Waals surface area (Å²) in [5.41, 5.74) is 0.833. The zero-order valence-corrected chi connectivity index (χ0v) is 11.9. The Kier molecular flexibility index (Phi) is 6.45. The molecule has 19 heavy (non-hydrogen) atoms. The molecule has 1 rings (SSSR count). The summed E-state index contributed by atoms with van der Waals surface area (Å²) in [6, 6.07) is 3.51. The molecule has 1 aromatic rings. The highest BCUT2D eigenvalue weighted by Crippen LogP contribution is 2.22. The second-order valence-electron chi connectivity index (χ2n) is 4.14. The first kappa shape index (κ1) is 15.6. The van der Waals surface area contributed by atoms with Gasteiger partial charge in [0.1, 0.15) is 0 Å². The number of ether oxygens (including phenoxy) is 3. The van der Waals surface area contributed by atoms with Crippen molar-refractivity contribution in [2.75, 3.05) is 13.2 Å². The highest BCUT2D eigenvalue weighted by molar-refractivity contribution is 5.89. The molecule has 0 atom stereocenters. The van der Waals surface area contributed by atoms with E-state index in [2.05, 4.69) is 4.98 Å². The van der Waals surface area contributed by atoms with E-state index in [-0.39, 0.29) is 11.8 Å². The van der Waals surface area contributed by atoms with Crippen LogP contribution < -0.4 is 0 Å². The van der Waals surface area contributed by atoms with Gasteiger partial charge in [-0.2, -0.15) is 0 Å². The molecule has 106 valence electrons. The van der Waals surface area contributed by atoms with Gasteiger partial charge in [-0.3, -0.25) is 0 Å². The Morgan fingerprint density at radius 1 is 1.26 bits per heavy atom. The molecule has 0 radical (unpaired) electrons. The number of nitrogens with zero attached hydrogens (tertiary/aromatic N) is 1. The fourth-order valence-electron chi connectivity index (χ4n) is 1.58. The first-order chi connectivity index (χ1) is 9.10. The lowest BCUT2D eigenvalue weighted by Crippen LogP contribution is -2.19. The van der Waals surface area contributed by atoms with Crippen molar-refractivity contribution in [2.45, 2.75) is 40.1 Å². The van der Waals surface area contributed by atoms with Crippen LogP contribution in [0.2, 0.25) is 0 Å². The van der Waals surface area contributed by atoms with Crippen molar-refractivity contribution in [1.82, 2.24) is 4.98 Å². The summed E-state index contributed by atoms with van der Waals surface area (Å²) in [6.45, 7) is 8.30. The molecular weight excluding hydrogens is 246 g/mol. The van der Waals surface area contributed by atoms with E-state index in [9.17, 15) is 4.79 Å². The Morgan fingerprint density at radius 3 is 2.42 bits per heavy atom. The number of pyridine rings is 1. The molecule has 0 unspecified atom stereocenters. The van der Waals surface area contributed by atoms with Crippen molar-refractivity contribution in [2.24, 2.45) is 0 Å². The van der Waals surface area contributed by atoms with Crippen LogP contribution in [0.4, 0.5) is 0 Å². The molecule has 0 aliphatic carbocycles. The highest BCUT2D eigenvalue weighted by atomic mass is 16.7. The third kappa shape index (κ3) is 4.61. The zero-order valence-electron chi connectivity index (χ0n) is 11.9. The molecule has 1 heterocycles. The largest absolute Gasteiger partial charge is 0.458 e. The summed E-state index contributed by atoms with van der Waals surface area (Å²) in [5.74, 6) is -0.463. The molecule has 5 nitrogen and oxygen atoms in total. The molecule has 5 heteroatoms. The lowest BCUT2D eigenvalue weighted by atomic mass is 10.2. The van der Waals surface area contributed by atoms with Crippen LogP contribution in [0.25, 0.3) is 0 Å². The fourth-order valence-corrected chi connectivity index (χ4v) is 1.58. The molecule has 0 spiro atoms. The topological polar surface area (TPSA) is 57.7 Å². The number of carbonyl (C=O) groups excluding carboxylic acids is 1. The number of rotatable bonds is 7. The molecular formula is C14H21NO4. The minimum atomic E-state index is -0.599. The normalized spacial score (nSPS) is 11.1. The van der Waals surface area contributed by atoms with Crippen LogP contribution in [0.1, 0.15) is 50.0 Å². The second kappa shape index (κ2) is 7.86. The third-order valence-corrected chi connectivity index (χ3v) is 2.27. The molecule has 0 amide bonds. The zero-order chi connectivity index (χ0) is 14.3. The molecule has 0 aliphatic rings. The van der Waals surface area contributed by atoms with E-state index < -0.39 is 12.3 Å². The lowest BCUT2D eigenvalue weighted by molar-refractivity contribution is -0.140. The van der Waals surface area contributed by atoms with Crippen molar-refractivity contribution in [3.05, 3.63) is 29.6 Å². The molecule has 0 saturated heterocycles. The van der Waals surface area contributed by atoms with E-state index in [1.165, 1.54) is 0 Å². The summed E-state index contributed by atoms with van der Waals surface area (Å²) >= 11 is 0. The Morgan fingerprint density at radius 2 is 1.89 bits per heavy atom. The molecule has 0 aliphatic heterocycles. The minimum Gasteiger partial charge on any atom is -0.458 e. The third-order valence-electron chi connectivity index (χ3n) is 2.27. The maximum Gasteiger partial charge on any atom is 0.357 e. The Labute approximate surface area is 113 Å². The quantitative estimate of drug-likeness (QED) is 0.561. The summed E-state index contributed by atoms with van der Waals surface area (Å²) in [4.78, 5) is 16.1. The molecule has 0 N–H and O–H groups in total. The van der Waals surface area contributed by atoms with E-state index in [1.807, 2.05) is 13.8 Å². The smallest absolute Gasteiger partial charge is 0.357 e. The first-order valence-corrected chi connectivity index (χ1v) is 6.49. The van der Waals surface area contributed by atoms with Crippen molar-refractivity contribution >= 4 is 5.97 Å². The summed E-state index contributed by atoms with van der Waals surface area (Å²) in [5, 5.41) is 0. The van der Waals surface area contributed by atoms with Crippen molar-refractivity contribution in [1.29, 1.82) is 0 Å². The second-order valence-corrected chi connectivity index (χ2v) is 4.14. The average molecular weight is 267 g/mol.